The molecule has 1 aliphatic heterocycles. The number of fused-ring (bicyclic) bond motifs is 3. The van der Waals surface area contributed by atoms with Gasteiger partial charge in [0.05, 0.1) is 19.8 Å². The Morgan fingerprint density at radius 2 is 1.93 bits per heavy atom. The van der Waals surface area contributed by atoms with Crippen molar-refractivity contribution in [3.8, 4) is 11.5 Å². The minimum Gasteiger partial charge on any atom is -0.493 e. The van der Waals surface area contributed by atoms with Crippen LogP contribution in [0.15, 0.2) is 30.3 Å². The summed E-state index contributed by atoms with van der Waals surface area (Å²) in [7, 11) is 1.71. The fraction of sp³-hybridized carbons (Fsp3) is 0.440. The summed E-state index contributed by atoms with van der Waals surface area (Å²) in [5.74, 6) is 2.23. The van der Waals surface area contributed by atoms with Gasteiger partial charge in [0.2, 0.25) is 0 Å². The van der Waals surface area contributed by atoms with Gasteiger partial charge in [0.25, 0.3) is 0 Å². The first-order valence-corrected chi connectivity index (χ1v) is 10.6. The number of hydrogen-bond acceptors (Lipinski definition) is 3. The zero-order valence-corrected chi connectivity index (χ0v) is 18.2. The first-order chi connectivity index (χ1) is 14.0. The Kier molecular flexibility index (Phi) is 5.55. The summed E-state index contributed by atoms with van der Waals surface area (Å²) in [4.78, 5) is 3.72. The van der Waals surface area contributed by atoms with E-state index in [1.54, 1.807) is 7.11 Å². The van der Waals surface area contributed by atoms with E-state index >= 15 is 0 Å². The van der Waals surface area contributed by atoms with Gasteiger partial charge in [-0.3, -0.25) is 0 Å². The average Bonchev–Trinajstić information content (AvgIpc) is 3.07. The van der Waals surface area contributed by atoms with Gasteiger partial charge < -0.3 is 19.8 Å². The number of benzene rings is 2. The summed E-state index contributed by atoms with van der Waals surface area (Å²) >= 11 is 0. The molecule has 1 atom stereocenters. The standard InChI is InChI=1S/C25H32N2O2/c1-15(2)9-11-29-21-7-6-18(14-22(21)28-5)24-25-19(8-10-26-24)20-13-16(3)12-17(4)23(20)27-25/h6-7,12-15,24,26-27H,8-11H2,1-5H3. The van der Waals surface area contributed by atoms with Gasteiger partial charge in [0.1, 0.15) is 0 Å². The second-order valence-electron chi connectivity index (χ2n) is 8.60. The predicted molar refractivity (Wildman–Crippen MR) is 119 cm³/mol. The molecule has 0 amide bonds. The first kappa shape index (κ1) is 19.8. The maximum absolute atomic E-state index is 5.97. The smallest absolute Gasteiger partial charge is 0.161 e. The fourth-order valence-corrected chi connectivity index (χ4v) is 4.36. The Hall–Kier alpha value is -2.46. The van der Waals surface area contributed by atoms with Crippen molar-refractivity contribution in [2.24, 2.45) is 5.92 Å². The van der Waals surface area contributed by atoms with Crippen LogP contribution in [0.4, 0.5) is 0 Å². The van der Waals surface area contributed by atoms with Gasteiger partial charge in [0.15, 0.2) is 11.5 Å². The Balaban J connectivity index is 1.69. The van der Waals surface area contributed by atoms with E-state index in [0.717, 1.165) is 30.9 Å². The largest absolute Gasteiger partial charge is 0.493 e. The van der Waals surface area contributed by atoms with Gasteiger partial charge in [-0.15, -0.1) is 0 Å². The number of nitrogens with one attached hydrogen (secondary N) is 2. The lowest BCUT2D eigenvalue weighted by molar-refractivity contribution is 0.272. The lowest BCUT2D eigenvalue weighted by atomic mass is 9.93. The molecule has 29 heavy (non-hydrogen) atoms. The first-order valence-electron chi connectivity index (χ1n) is 10.6. The van der Waals surface area contributed by atoms with Crippen molar-refractivity contribution in [2.75, 3.05) is 20.3 Å². The third-order valence-corrected chi connectivity index (χ3v) is 5.88. The molecule has 0 fully saturated rings. The quantitative estimate of drug-likeness (QED) is 0.586. The zero-order chi connectivity index (χ0) is 20.5. The van der Waals surface area contributed by atoms with Gasteiger partial charge in [-0.25, -0.2) is 0 Å². The lowest BCUT2D eigenvalue weighted by Gasteiger charge is -2.25. The molecule has 3 aromatic rings. The molecule has 0 saturated carbocycles. The van der Waals surface area contributed by atoms with Gasteiger partial charge in [-0.05, 0) is 67.5 Å². The highest BCUT2D eigenvalue weighted by molar-refractivity contribution is 5.88. The molecule has 2 heterocycles. The molecular formula is C25H32N2O2. The summed E-state index contributed by atoms with van der Waals surface area (Å²) in [5.41, 5.74) is 7.79. The monoisotopic (exact) mass is 392 g/mol. The molecule has 4 rings (SSSR count). The van der Waals surface area contributed by atoms with Gasteiger partial charge in [-0.1, -0.05) is 31.5 Å². The number of hydrogen-bond donors (Lipinski definition) is 2. The highest BCUT2D eigenvalue weighted by Gasteiger charge is 2.26. The lowest BCUT2D eigenvalue weighted by Crippen LogP contribution is -2.30. The Labute approximate surface area is 173 Å². The summed E-state index contributed by atoms with van der Waals surface area (Å²) in [6.07, 6.45) is 2.08. The maximum Gasteiger partial charge on any atom is 0.161 e. The molecule has 0 spiro atoms. The van der Waals surface area contributed by atoms with Gasteiger partial charge in [-0.2, -0.15) is 0 Å². The van der Waals surface area contributed by atoms with E-state index in [1.165, 1.54) is 38.9 Å². The van der Waals surface area contributed by atoms with Crippen LogP contribution >= 0.6 is 0 Å². The second kappa shape index (κ2) is 8.11. The van der Waals surface area contributed by atoms with Crippen LogP contribution in [-0.4, -0.2) is 25.2 Å². The predicted octanol–water partition coefficient (Wildman–Crippen LogP) is 5.45. The van der Waals surface area contributed by atoms with E-state index in [9.17, 15) is 0 Å². The van der Waals surface area contributed by atoms with Crippen molar-refractivity contribution in [3.05, 3.63) is 58.3 Å². The summed E-state index contributed by atoms with van der Waals surface area (Å²) < 4.78 is 11.6. The van der Waals surface area contributed by atoms with Crippen LogP contribution < -0.4 is 14.8 Å². The molecule has 4 nitrogen and oxygen atoms in total. The molecule has 2 N–H and O–H groups in total. The number of H-pyrrole nitrogens is 1. The average molecular weight is 393 g/mol. The number of rotatable bonds is 6. The molecule has 2 aromatic carbocycles. The second-order valence-corrected chi connectivity index (χ2v) is 8.60. The van der Waals surface area contributed by atoms with Gasteiger partial charge >= 0.3 is 0 Å². The van der Waals surface area contributed by atoms with Crippen LogP contribution in [0, 0.1) is 19.8 Å². The van der Waals surface area contributed by atoms with Crippen molar-refractivity contribution in [2.45, 2.75) is 46.6 Å². The van der Waals surface area contributed by atoms with Crippen LogP contribution in [0.5, 0.6) is 11.5 Å². The molecular weight excluding hydrogens is 360 g/mol. The molecule has 0 aliphatic carbocycles. The van der Waals surface area contributed by atoms with E-state index in [4.69, 9.17) is 9.47 Å². The summed E-state index contributed by atoms with van der Waals surface area (Å²) in [6.45, 7) is 10.4. The minimum atomic E-state index is 0.129. The Bertz CT molecular complexity index is 1020. The molecule has 0 radical (unpaired) electrons. The highest BCUT2D eigenvalue weighted by Crippen LogP contribution is 2.38. The molecule has 1 aliphatic rings. The zero-order valence-electron chi connectivity index (χ0n) is 18.2. The maximum atomic E-state index is 5.97. The molecule has 4 heteroatoms. The van der Waals surface area contributed by atoms with E-state index in [2.05, 4.69) is 62.3 Å². The fourth-order valence-electron chi connectivity index (χ4n) is 4.36. The highest BCUT2D eigenvalue weighted by atomic mass is 16.5. The molecule has 1 aromatic heterocycles. The number of aryl methyl sites for hydroxylation is 2. The van der Waals surface area contributed by atoms with E-state index < -0.39 is 0 Å². The van der Waals surface area contributed by atoms with Crippen LogP contribution in [0.2, 0.25) is 0 Å². The topological polar surface area (TPSA) is 46.3 Å². The molecule has 154 valence electrons. The van der Waals surface area contributed by atoms with E-state index in [1.807, 2.05) is 6.07 Å². The van der Waals surface area contributed by atoms with E-state index in [0.29, 0.717) is 12.5 Å². The summed E-state index contributed by atoms with van der Waals surface area (Å²) in [6, 6.07) is 11.0. The third-order valence-electron chi connectivity index (χ3n) is 5.88. The van der Waals surface area contributed by atoms with Crippen LogP contribution in [-0.2, 0) is 6.42 Å². The van der Waals surface area contributed by atoms with Crippen LogP contribution in [0.1, 0.15) is 54.3 Å². The minimum absolute atomic E-state index is 0.129. The number of aromatic nitrogens is 1. The number of aromatic amines is 1. The van der Waals surface area contributed by atoms with Crippen molar-refractivity contribution >= 4 is 10.9 Å². The van der Waals surface area contributed by atoms with Gasteiger partial charge in [0, 0.05) is 23.1 Å². The van der Waals surface area contributed by atoms with Crippen molar-refractivity contribution in [1.29, 1.82) is 0 Å². The van der Waals surface area contributed by atoms with Crippen molar-refractivity contribution < 1.29 is 9.47 Å². The summed E-state index contributed by atoms with van der Waals surface area (Å²) in [5, 5.41) is 5.05. The Morgan fingerprint density at radius 3 is 2.69 bits per heavy atom. The number of ether oxygens (including phenoxy) is 2. The van der Waals surface area contributed by atoms with E-state index in [-0.39, 0.29) is 6.04 Å². The Morgan fingerprint density at radius 1 is 1.10 bits per heavy atom. The van der Waals surface area contributed by atoms with Crippen molar-refractivity contribution in [1.82, 2.24) is 10.3 Å². The SMILES string of the molecule is COc1cc(C2NCCc3c2[nH]c2c(C)cc(C)cc32)ccc1OCCC(C)C. The molecule has 0 saturated heterocycles. The van der Waals surface area contributed by atoms with Crippen LogP contribution in [0.25, 0.3) is 10.9 Å². The molecule has 1 unspecified atom stereocenters. The normalized spacial score (nSPS) is 16.3. The third kappa shape index (κ3) is 3.86. The van der Waals surface area contributed by atoms with Crippen LogP contribution in [0.3, 0.4) is 0 Å². The van der Waals surface area contributed by atoms with Crippen molar-refractivity contribution in [3.63, 3.8) is 0 Å². The molecule has 0 bridgehead atoms. The number of methoxy groups -OCH3 is 1.